The van der Waals surface area contributed by atoms with Crippen LogP contribution in [-0.4, -0.2) is 30.0 Å². The zero-order valence-electron chi connectivity index (χ0n) is 10.7. The summed E-state index contributed by atoms with van der Waals surface area (Å²) in [5, 5.41) is 0. The Morgan fingerprint density at radius 3 is 2.72 bits per heavy atom. The van der Waals surface area contributed by atoms with E-state index in [-0.39, 0.29) is 11.8 Å². The van der Waals surface area contributed by atoms with Crippen molar-refractivity contribution in [3.63, 3.8) is 0 Å². The van der Waals surface area contributed by atoms with Crippen LogP contribution in [0.3, 0.4) is 0 Å². The number of nitrogens with two attached hydrogens (primary N) is 1. The normalized spacial score (nSPS) is 13.9. The van der Waals surface area contributed by atoms with Gasteiger partial charge in [-0.1, -0.05) is 12.1 Å². The van der Waals surface area contributed by atoms with Gasteiger partial charge in [-0.3, -0.25) is 0 Å². The number of nitrogens with zero attached hydrogens (tertiary/aromatic N) is 2. The van der Waals surface area contributed by atoms with Gasteiger partial charge in [-0.25, -0.2) is 13.4 Å². The number of aryl methyl sites for hydroxylation is 1. The van der Waals surface area contributed by atoms with Gasteiger partial charge < -0.3 is 10.3 Å². The number of para-hydroxylation sites is 1. The summed E-state index contributed by atoms with van der Waals surface area (Å²) in [6.07, 6.45) is 1.23. The van der Waals surface area contributed by atoms with E-state index in [1.54, 1.807) is 4.57 Å². The van der Waals surface area contributed by atoms with Gasteiger partial charge >= 0.3 is 0 Å². The summed E-state index contributed by atoms with van der Waals surface area (Å²) in [4.78, 5) is 4.27. The summed E-state index contributed by atoms with van der Waals surface area (Å²) < 4.78 is 24.6. The number of benzene rings is 1. The molecular weight excluding hydrogens is 250 g/mol. The Bertz CT molecular complexity index is 689. The molecule has 0 saturated heterocycles. The van der Waals surface area contributed by atoms with Crippen LogP contribution in [0.25, 0.3) is 11.0 Å². The van der Waals surface area contributed by atoms with Crippen molar-refractivity contribution in [3.8, 4) is 0 Å². The molecule has 6 heteroatoms. The minimum absolute atomic E-state index is 0.0526. The van der Waals surface area contributed by atoms with E-state index in [4.69, 9.17) is 5.73 Å². The number of fused-ring (bicyclic) bond motifs is 1. The lowest BCUT2D eigenvalue weighted by Crippen LogP contribution is -2.18. The molecule has 0 aliphatic carbocycles. The van der Waals surface area contributed by atoms with E-state index in [0.29, 0.717) is 5.95 Å². The Labute approximate surface area is 107 Å². The second-order valence-electron chi connectivity index (χ2n) is 4.72. The third-order valence-corrected chi connectivity index (χ3v) is 4.01. The average Bonchev–Trinajstić information content (AvgIpc) is 2.53. The van der Waals surface area contributed by atoms with Crippen LogP contribution in [-0.2, 0) is 9.84 Å². The van der Waals surface area contributed by atoms with Crippen molar-refractivity contribution in [1.29, 1.82) is 0 Å². The van der Waals surface area contributed by atoms with Gasteiger partial charge in [0.15, 0.2) is 0 Å². The van der Waals surface area contributed by atoms with Gasteiger partial charge in [0.25, 0.3) is 0 Å². The van der Waals surface area contributed by atoms with E-state index >= 15 is 0 Å². The number of rotatable bonds is 3. The molecule has 0 aliphatic heterocycles. The Morgan fingerprint density at radius 1 is 1.44 bits per heavy atom. The molecule has 1 heterocycles. The van der Waals surface area contributed by atoms with Crippen molar-refractivity contribution in [3.05, 3.63) is 23.8 Å². The lowest BCUT2D eigenvalue weighted by molar-refractivity contribution is 0.571. The smallest absolute Gasteiger partial charge is 0.201 e. The topological polar surface area (TPSA) is 78.0 Å². The minimum Gasteiger partial charge on any atom is -0.369 e. The van der Waals surface area contributed by atoms with Crippen LogP contribution < -0.4 is 5.73 Å². The molecule has 2 aromatic rings. The molecule has 1 atom stereocenters. The van der Waals surface area contributed by atoms with Crippen LogP contribution in [0.15, 0.2) is 18.2 Å². The molecule has 0 bridgehead atoms. The van der Waals surface area contributed by atoms with Crippen molar-refractivity contribution in [2.24, 2.45) is 0 Å². The van der Waals surface area contributed by atoms with E-state index in [9.17, 15) is 8.42 Å². The van der Waals surface area contributed by atoms with Gasteiger partial charge in [0, 0.05) is 12.3 Å². The zero-order chi connectivity index (χ0) is 13.5. The Morgan fingerprint density at radius 2 is 2.11 bits per heavy atom. The predicted octanol–water partition coefficient (Wildman–Crippen LogP) is 1.53. The van der Waals surface area contributed by atoms with E-state index in [1.807, 2.05) is 32.0 Å². The quantitative estimate of drug-likeness (QED) is 0.914. The molecule has 1 unspecified atom stereocenters. The molecule has 1 aromatic heterocycles. The number of nitrogen functional groups attached to an aromatic ring is 1. The van der Waals surface area contributed by atoms with Crippen LogP contribution in [0.4, 0.5) is 5.95 Å². The highest BCUT2D eigenvalue weighted by Crippen LogP contribution is 2.26. The molecule has 0 aliphatic rings. The standard InChI is InChI=1S/C12H17N3O2S/c1-8-5-4-6-10-11(8)15(12(13)14-10)9(2)7-18(3,16)17/h4-6,9H,7H2,1-3H3,(H2,13,14). The van der Waals surface area contributed by atoms with Gasteiger partial charge in [0.05, 0.1) is 16.8 Å². The first-order valence-corrected chi connectivity index (χ1v) is 7.76. The van der Waals surface area contributed by atoms with Crippen LogP contribution in [0.5, 0.6) is 0 Å². The molecule has 1 aromatic carbocycles. The fourth-order valence-electron chi connectivity index (χ4n) is 2.30. The fraction of sp³-hybridized carbons (Fsp3) is 0.417. The lowest BCUT2D eigenvalue weighted by atomic mass is 10.2. The minimum atomic E-state index is -3.05. The van der Waals surface area contributed by atoms with Gasteiger partial charge in [-0.15, -0.1) is 0 Å². The summed E-state index contributed by atoms with van der Waals surface area (Å²) in [5.41, 5.74) is 8.65. The van der Waals surface area contributed by atoms with Gasteiger partial charge in [-0.2, -0.15) is 0 Å². The number of aromatic nitrogens is 2. The molecule has 2 rings (SSSR count). The van der Waals surface area contributed by atoms with Crippen LogP contribution in [0.1, 0.15) is 18.5 Å². The van der Waals surface area contributed by atoms with Crippen molar-refractivity contribution in [2.75, 3.05) is 17.7 Å². The molecule has 0 spiro atoms. The number of anilines is 1. The summed E-state index contributed by atoms with van der Waals surface area (Å²) in [6.45, 7) is 3.80. The van der Waals surface area contributed by atoms with Crippen molar-refractivity contribution >= 4 is 26.8 Å². The van der Waals surface area contributed by atoms with Crippen molar-refractivity contribution < 1.29 is 8.42 Å². The Kier molecular flexibility index (Phi) is 3.06. The number of hydrogen-bond donors (Lipinski definition) is 1. The number of sulfone groups is 1. The third-order valence-electron chi connectivity index (χ3n) is 2.92. The second-order valence-corrected chi connectivity index (χ2v) is 6.91. The SMILES string of the molecule is Cc1cccc2nc(N)n(C(C)CS(C)(=O)=O)c12. The maximum absolute atomic E-state index is 11.4. The fourth-order valence-corrected chi connectivity index (χ4v) is 3.32. The first kappa shape index (κ1) is 12.9. The third kappa shape index (κ3) is 2.33. The molecule has 0 amide bonds. The highest BCUT2D eigenvalue weighted by Gasteiger charge is 2.18. The first-order chi connectivity index (χ1) is 8.29. The van der Waals surface area contributed by atoms with Gasteiger partial charge in [0.2, 0.25) is 5.95 Å². The summed E-state index contributed by atoms with van der Waals surface area (Å²) >= 11 is 0. The Hall–Kier alpha value is -1.56. The summed E-state index contributed by atoms with van der Waals surface area (Å²) in [6, 6.07) is 5.52. The van der Waals surface area contributed by atoms with Crippen LogP contribution in [0, 0.1) is 6.92 Å². The van der Waals surface area contributed by atoms with Crippen LogP contribution in [0.2, 0.25) is 0 Å². The van der Waals surface area contributed by atoms with E-state index in [0.717, 1.165) is 16.6 Å². The van der Waals surface area contributed by atoms with E-state index < -0.39 is 9.84 Å². The second kappa shape index (κ2) is 4.28. The Balaban J connectivity index is 2.60. The molecular formula is C12H17N3O2S. The first-order valence-electron chi connectivity index (χ1n) is 5.70. The van der Waals surface area contributed by atoms with Crippen LogP contribution >= 0.6 is 0 Å². The highest BCUT2D eigenvalue weighted by atomic mass is 32.2. The monoisotopic (exact) mass is 267 g/mol. The zero-order valence-corrected chi connectivity index (χ0v) is 11.5. The summed E-state index contributed by atoms with van der Waals surface area (Å²) in [7, 11) is -3.05. The van der Waals surface area contributed by atoms with Gasteiger partial charge in [0.1, 0.15) is 9.84 Å². The lowest BCUT2D eigenvalue weighted by Gasteiger charge is -2.15. The molecule has 5 nitrogen and oxygen atoms in total. The van der Waals surface area contributed by atoms with E-state index in [2.05, 4.69) is 4.98 Å². The maximum atomic E-state index is 11.4. The molecule has 0 saturated carbocycles. The molecule has 0 radical (unpaired) electrons. The van der Waals surface area contributed by atoms with Crippen molar-refractivity contribution in [1.82, 2.24) is 9.55 Å². The highest BCUT2D eigenvalue weighted by molar-refractivity contribution is 7.90. The number of imidazole rings is 1. The predicted molar refractivity (Wildman–Crippen MR) is 73.3 cm³/mol. The summed E-state index contributed by atoms with van der Waals surface area (Å²) in [5.74, 6) is 0.409. The number of hydrogen-bond acceptors (Lipinski definition) is 4. The molecule has 98 valence electrons. The molecule has 18 heavy (non-hydrogen) atoms. The van der Waals surface area contributed by atoms with Gasteiger partial charge in [-0.05, 0) is 25.5 Å². The average molecular weight is 267 g/mol. The van der Waals surface area contributed by atoms with E-state index in [1.165, 1.54) is 6.26 Å². The maximum Gasteiger partial charge on any atom is 0.201 e. The largest absolute Gasteiger partial charge is 0.369 e. The molecule has 0 fully saturated rings. The molecule has 2 N–H and O–H groups in total. The van der Waals surface area contributed by atoms with Crippen molar-refractivity contribution in [2.45, 2.75) is 19.9 Å².